The van der Waals surface area contributed by atoms with Gasteiger partial charge in [-0.25, -0.2) is 9.97 Å². The van der Waals surface area contributed by atoms with Crippen molar-refractivity contribution < 1.29 is 51.0 Å². The summed E-state index contributed by atoms with van der Waals surface area (Å²) < 4.78 is 14.9. The third-order valence-electron chi connectivity index (χ3n) is 11.5. The van der Waals surface area contributed by atoms with E-state index < -0.39 is 0 Å². The van der Waals surface area contributed by atoms with Crippen LogP contribution in [-0.4, -0.2) is 24.5 Å². The van der Waals surface area contributed by atoms with E-state index in [1.165, 1.54) is 0 Å². The number of fused-ring (bicyclic) bond motifs is 3. The van der Waals surface area contributed by atoms with Crippen molar-refractivity contribution in [2.45, 2.75) is 13.8 Å². The van der Waals surface area contributed by atoms with Crippen LogP contribution in [0.25, 0.3) is 83.6 Å². The summed E-state index contributed by atoms with van der Waals surface area (Å²) in [5.74, 6) is 2.53. The third-order valence-corrected chi connectivity index (χ3v) is 11.5. The molecule has 0 atom stereocenters. The summed E-state index contributed by atoms with van der Waals surface area (Å²) >= 11 is 0. The minimum absolute atomic E-state index is 0. The molecule has 4 aromatic heterocycles. The van der Waals surface area contributed by atoms with Crippen LogP contribution in [0.1, 0.15) is 11.1 Å². The Kier molecular flexibility index (Phi) is 13.1. The Morgan fingerprint density at radius 2 is 0.881 bits per heavy atom. The van der Waals surface area contributed by atoms with Crippen LogP contribution in [-0.2, 0) is 41.5 Å². The summed E-state index contributed by atoms with van der Waals surface area (Å²) in [5.41, 5.74) is 13.6. The molecule has 11 aromatic rings. The van der Waals surface area contributed by atoms with Crippen LogP contribution in [0.2, 0.25) is 0 Å². The normalized spacial score (nSPS) is 10.9. The molecule has 326 valence electrons. The van der Waals surface area contributed by atoms with Gasteiger partial charge in [0.05, 0.1) is 0 Å². The average molecular weight is 1140 g/mol. The largest absolute Gasteiger partial charge is 2.00 e. The molecule has 0 aliphatic heterocycles. The number of rotatable bonds is 10. The second-order valence-corrected chi connectivity index (χ2v) is 15.6. The van der Waals surface area contributed by atoms with E-state index in [9.17, 15) is 0 Å². The van der Waals surface area contributed by atoms with Gasteiger partial charge in [-0.05, 0) is 82.4 Å². The molecule has 0 spiro atoms. The predicted molar refractivity (Wildman–Crippen MR) is 257 cm³/mol. The zero-order valence-corrected chi connectivity index (χ0v) is 39.9. The van der Waals surface area contributed by atoms with Crippen molar-refractivity contribution in [3.05, 3.63) is 224 Å². The van der Waals surface area contributed by atoms with Crippen molar-refractivity contribution in [2.75, 3.05) is 0 Å². The second kappa shape index (κ2) is 19.6. The number of aromatic nitrogens is 5. The molecule has 67 heavy (non-hydrogen) atoms. The first kappa shape index (κ1) is 44.9. The summed E-state index contributed by atoms with van der Waals surface area (Å²) in [4.78, 5) is 19.2. The van der Waals surface area contributed by atoms with Gasteiger partial charge in [0, 0.05) is 53.3 Å². The first-order valence-electron chi connectivity index (χ1n) is 21.3. The molecule has 0 aliphatic carbocycles. The Morgan fingerprint density at radius 3 is 1.33 bits per heavy atom. The number of nitrogens with zero attached hydrogens (tertiary/aromatic N) is 5. The van der Waals surface area contributed by atoms with Gasteiger partial charge >= 0.3 is 41.5 Å². The number of benzene rings is 7. The molecule has 11 rings (SSSR count). The summed E-state index contributed by atoms with van der Waals surface area (Å²) in [6.45, 7) is 4.36. The molecule has 0 unspecified atom stereocenters. The van der Waals surface area contributed by atoms with Gasteiger partial charge in [0.2, 0.25) is 5.95 Å². The van der Waals surface area contributed by atoms with Crippen LogP contribution in [0.4, 0.5) is 0 Å². The first-order valence-corrected chi connectivity index (χ1v) is 21.3. The van der Waals surface area contributed by atoms with Crippen LogP contribution in [0.5, 0.6) is 23.0 Å². The van der Waals surface area contributed by atoms with Gasteiger partial charge in [-0.2, -0.15) is 22.9 Å². The molecule has 4 heterocycles. The molecule has 0 fully saturated rings. The maximum absolute atomic E-state index is 6.45. The van der Waals surface area contributed by atoms with Gasteiger partial charge in [0.15, 0.2) is 0 Å². The molecule has 0 bridgehead atoms. The fraction of sp³-hybridized carbons (Fsp3) is 0.0345. The predicted octanol–water partition coefficient (Wildman–Crippen LogP) is 14.1. The molecule has 0 amide bonds. The van der Waals surface area contributed by atoms with Gasteiger partial charge in [0.1, 0.15) is 0 Å². The average Bonchev–Trinajstić information content (AvgIpc) is 3.68. The Bertz CT molecular complexity index is 3290. The summed E-state index contributed by atoms with van der Waals surface area (Å²) in [6, 6.07) is 68.2. The molecule has 7 nitrogen and oxygen atoms in total. The van der Waals surface area contributed by atoms with E-state index >= 15 is 0 Å². The van der Waals surface area contributed by atoms with Crippen LogP contribution in [0, 0.1) is 38.1 Å². The minimum atomic E-state index is 0. The van der Waals surface area contributed by atoms with Crippen LogP contribution in [0.15, 0.2) is 189 Å². The number of ether oxygens (including phenoxy) is 2. The fourth-order valence-corrected chi connectivity index (χ4v) is 8.49. The smallest absolute Gasteiger partial charge is 0.503 e. The maximum Gasteiger partial charge on any atom is 2.00 e. The second-order valence-electron chi connectivity index (χ2n) is 15.6. The van der Waals surface area contributed by atoms with Crippen molar-refractivity contribution in [1.29, 1.82) is 0 Å². The topological polar surface area (TPSA) is 75.0 Å². The Morgan fingerprint density at radius 1 is 0.433 bits per heavy atom. The van der Waals surface area contributed by atoms with Gasteiger partial charge in [-0.15, -0.1) is 71.8 Å². The Labute approximate surface area is 417 Å². The van der Waals surface area contributed by atoms with Crippen molar-refractivity contribution >= 4 is 21.8 Å². The Hall–Kier alpha value is -7.33. The van der Waals surface area contributed by atoms with Gasteiger partial charge < -0.3 is 24.0 Å². The monoisotopic (exact) mass is 1140 g/mol. The molecule has 0 N–H and O–H groups in total. The van der Waals surface area contributed by atoms with E-state index in [1.54, 1.807) is 12.4 Å². The van der Waals surface area contributed by atoms with Crippen molar-refractivity contribution in [2.24, 2.45) is 0 Å². The van der Waals surface area contributed by atoms with Crippen LogP contribution >= 0.6 is 0 Å². The van der Waals surface area contributed by atoms with E-state index in [0.29, 0.717) is 40.0 Å². The zero-order valence-electron chi connectivity index (χ0n) is 36.1. The van der Waals surface area contributed by atoms with Crippen molar-refractivity contribution in [1.82, 2.24) is 24.5 Å². The SMILES string of the molecule is Cc1c(-c2ccccc2)cc(-c2ccccc2)c(C)c1-c1cnc(-n2c3[c-]c(Oc4[c-]c(-c5ccccn5)ccc4)ccc3c3ccc(Oc4[c-]c(-c5ccccn5)ccc4)[c-]c32)nc1.[Pd+2].[Pt+2]. The van der Waals surface area contributed by atoms with Crippen LogP contribution < -0.4 is 9.47 Å². The van der Waals surface area contributed by atoms with Crippen molar-refractivity contribution in [3.8, 4) is 84.8 Å². The molecule has 0 saturated carbocycles. The third kappa shape index (κ3) is 9.00. The van der Waals surface area contributed by atoms with E-state index in [-0.39, 0.29) is 41.5 Å². The fourth-order valence-electron chi connectivity index (χ4n) is 8.49. The molecule has 0 aliphatic rings. The number of hydrogen-bond donors (Lipinski definition) is 0. The maximum atomic E-state index is 6.45. The zero-order chi connectivity index (χ0) is 43.7. The molecule has 9 heteroatoms. The number of pyridine rings is 2. The number of hydrogen-bond acceptors (Lipinski definition) is 6. The van der Waals surface area contributed by atoms with Crippen LogP contribution in [0.3, 0.4) is 0 Å². The van der Waals surface area contributed by atoms with Crippen molar-refractivity contribution in [3.63, 3.8) is 0 Å². The first-order chi connectivity index (χ1) is 32.0. The molecule has 7 aromatic carbocycles. The summed E-state index contributed by atoms with van der Waals surface area (Å²) in [6.07, 6.45) is 7.36. The molecular formula is C58H37N5O2PdPt. The molecule has 0 radical (unpaired) electrons. The van der Waals surface area contributed by atoms with Gasteiger partial charge in [-0.3, -0.25) is 0 Å². The van der Waals surface area contributed by atoms with E-state index in [2.05, 4.69) is 103 Å². The van der Waals surface area contributed by atoms with Gasteiger partial charge in [-0.1, -0.05) is 108 Å². The van der Waals surface area contributed by atoms with Gasteiger partial charge in [0.25, 0.3) is 0 Å². The Balaban J connectivity index is 0.00000281. The molecule has 0 saturated heterocycles. The minimum Gasteiger partial charge on any atom is -0.503 e. The van der Waals surface area contributed by atoms with E-state index in [0.717, 1.165) is 77.8 Å². The van der Waals surface area contributed by atoms with E-state index in [4.69, 9.17) is 19.4 Å². The van der Waals surface area contributed by atoms with E-state index in [1.807, 2.05) is 126 Å². The summed E-state index contributed by atoms with van der Waals surface area (Å²) in [5, 5.41) is 1.85. The molecular weight excluding hydrogens is 1100 g/mol. The quantitative estimate of drug-likeness (QED) is 0.100. The summed E-state index contributed by atoms with van der Waals surface area (Å²) in [7, 11) is 0. The standard InChI is InChI=1S/C58H37N5O2.Pd.Pt/c1-38-51(40-15-5-3-6-16-40)35-52(41-17-7-4-8-18-41)39(2)57(38)44-36-61-58(62-37-44)63-55-33-47(64-45-21-13-19-42(31-45)53-23-9-11-29-59-53)25-27-49(55)50-28-26-48(34-56(50)63)65-46-22-14-20-43(32-46)54-24-10-12-30-60-54;;/h3-30,35-37H,1-2H3;;/q-4;2*+2.